The molecule has 524 valence electrons. The van der Waals surface area contributed by atoms with Crippen LogP contribution in [0.25, 0.3) is 0 Å². The number of fused-ring (bicyclic) bond motifs is 2. The zero-order chi connectivity index (χ0) is 65.2. The van der Waals surface area contributed by atoms with Crippen LogP contribution in [0.5, 0.6) is 0 Å². The van der Waals surface area contributed by atoms with Gasteiger partial charge in [-0.1, -0.05) is 110 Å². The number of halogens is 4. The van der Waals surface area contributed by atoms with Crippen LogP contribution in [0.2, 0.25) is 5.02 Å². The van der Waals surface area contributed by atoms with Gasteiger partial charge in [0.05, 0.1) is 16.6 Å². The number of rotatable bonds is 11. The molecule has 91 heavy (non-hydrogen) atoms. The molecule has 8 rings (SSSR count). The number of amides is 1. The van der Waals surface area contributed by atoms with E-state index in [1.54, 1.807) is 12.1 Å². The molecule has 0 radical (unpaired) electrons. The van der Waals surface area contributed by atoms with E-state index < -0.39 is 11.7 Å². The first kappa shape index (κ1) is 75.1. The lowest BCUT2D eigenvalue weighted by atomic mass is 9.84. The molecule has 13 nitrogen and oxygen atoms in total. The van der Waals surface area contributed by atoms with Crippen LogP contribution < -0.4 is 16.0 Å². The van der Waals surface area contributed by atoms with E-state index in [-0.39, 0.29) is 22.6 Å². The SMILES string of the molecule is CC[C@H](C)[C@H]1CN(C)[C@@H](C)CN2CC[C@H]2CN(C)[C@@H](CC2CCCCC2)CN(C)CCN[C@@H](CCc2ccc(C(F)(F)F)c(Cl)c2)CN2CCC[C@H]2CNC2(CCCC2)CN(C)[C@@H](C2CCCC2)CN(C)[C@H](C(=O)N2CCCCC2)CCN(C)[C@@H](CC(C)C)CN1. The number of likely N-dealkylation sites (tertiary alicyclic amines) is 1. The van der Waals surface area contributed by atoms with E-state index in [4.69, 9.17) is 11.6 Å². The molecule has 7 fully saturated rings. The molecular formula is C74H134ClF3N12O. The van der Waals surface area contributed by atoms with Crippen molar-refractivity contribution in [1.82, 2.24) is 60.0 Å². The van der Waals surface area contributed by atoms with Crippen molar-refractivity contribution in [2.75, 3.05) is 147 Å². The highest BCUT2D eigenvalue weighted by Gasteiger charge is 2.42. The highest BCUT2D eigenvalue weighted by atomic mass is 35.5. The maximum Gasteiger partial charge on any atom is 0.417 e. The maximum absolute atomic E-state index is 15.1. The smallest absolute Gasteiger partial charge is 0.341 e. The molecule has 4 saturated heterocycles. The first-order valence-electron chi connectivity index (χ1n) is 37.6. The summed E-state index contributed by atoms with van der Waals surface area (Å²) in [4.78, 5) is 38.8. The van der Waals surface area contributed by atoms with Gasteiger partial charge in [-0.25, -0.2) is 0 Å². The van der Waals surface area contributed by atoms with Gasteiger partial charge in [0, 0.05) is 152 Å². The monoisotopic (exact) mass is 1300 g/mol. The summed E-state index contributed by atoms with van der Waals surface area (Å²) in [5.41, 5.74) is 0.130. The molecule has 3 N–H and O–H groups in total. The van der Waals surface area contributed by atoms with Crippen molar-refractivity contribution in [1.29, 1.82) is 0 Å². The van der Waals surface area contributed by atoms with Crippen molar-refractivity contribution >= 4 is 17.5 Å². The van der Waals surface area contributed by atoms with E-state index in [2.05, 4.69) is 137 Å². The minimum absolute atomic E-state index is 0.0342. The summed E-state index contributed by atoms with van der Waals surface area (Å²) in [7, 11) is 14.2. The highest BCUT2D eigenvalue weighted by Crippen LogP contribution is 2.38. The van der Waals surface area contributed by atoms with Crippen molar-refractivity contribution in [2.45, 2.75) is 261 Å². The lowest BCUT2D eigenvalue weighted by Crippen LogP contribution is -2.59. The van der Waals surface area contributed by atoms with Gasteiger partial charge in [0.25, 0.3) is 0 Å². The van der Waals surface area contributed by atoms with Crippen LogP contribution in [0.4, 0.5) is 13.2 Å². The zero-order valence-electron chi connectivity index (χ0n) is 59.7. The average Bonchev–Trinajstić information content (AvgIpc) is 2.08. The van der Waals surface area contributed by atoms with Gasteiger partial charge in [0.2, 0.25) is 5.91 Å². The van der Waals surface area contributed by atoms with Gasteiger partial charge < -0.3 is 45.3 Å². The number of hydrogen-bond acceptors (Lipinski definition) is 12. The number of nitrogens with zero attached hydrogens (tertiary/aromatic N) is 9. The Hall–Kier alpha value is -1.67. The summed E-state index contributed by atoms with van der Waals surface area (Å²) in [6.07, 6.45) is 25.2. The first-order valence-corrected chi connectivity index (χ1v) is 38.0. The lowest BCUT2D eigenvalue weighted by molar-refractivity contribution is -0.138. The van der Waals surface area contributed by atoms with Gasteiger partial charge in [0.1, 0.15) is 0 Å². The third-order valence-electron chi connectivity index (χ3n) is 24.3. The second-order valence-corrected chi connectivity index (χ2v) is 32.2. The second-order valence-electron chi connectivity index (χ2n) is 31.8. The molecule has 10 atom stereocenters. The summed E-state index contributed by atoms with van der Waals surface area (Å²) in [6, 6.07) is 7.39. The predicted molar refractivity (Wildman–Crippen MR) is 375 cm³/mol. The fraction of sp³-hybridized carbons (Fsp3) is 0.905. The fourth-order valence-electron chi connectivity index (χ4n) is 17.8. The standard InChI is InChI=1S/C74H134ClF3N12O/c1-12-57(4)69-53-84(8)58(5)49-90-42-33-64(90)52-85(9)66(45-59-24-15-13-16-25-59)51-82(6)43-37-79-62(31-29-60-30-32-67(68(75)46-60)74(76,77)78)50-89-40-23-28-63(89)48-81-73(35-19-20-36-73)55-87(11)71(61-26-17-18-27-61)54-86(10)70(72(91)88-38-21-14-22-39-88)34-41-83(7)65(47-80-69)44-56(2)3/h30,32,46,56-59,61-66,69-71,79-81H,12-29,31,33-45,47-55H2,1-11H3/t57-,58-,62-,63-,64-,65-,66-,69+,70-,71+/m0/s1. The Kier molecular flexibility index (Phi) is 30.4. The van der Waals surface area contributed by atoms with E-state index in [0.717, 1.165) is 155 Å². The third-order valence-corrected chi connectivity index (χ3v) is 24.7. The fourth-order valence-corrected chi connectivity index (χ4v) is 18.1. The number of likely N-dealkylation sites (N-methyl/N-ethyl adjacent to an activating group) is 6. The van der Waals surface area contributed by atoms with E-state index in [9.17, 15) is 13.2 Å². The second kappa shape index (κ2) is 36.8. The summed E-state index contributed by atoms with van der Waals surface area (Å²) >= 11 is 6.35. The van der Waals surface area contributed by atoms with Crippen LogP contribution in [0.1, 0.15) is 200 Å². The molecule has 1 amide bonds. The zero-order valence-corrected chi connectivity index (χ0v) is 60.4. The summed E-state index contributed by atoms with van der Waals surface area (Å²) in [5, 5.41) is 12.4. The van der Waals surface area contributed by atoms with Crippen molar-refractivity contribution in [3.8, 4) is 0 Å². The number of hydrogen-bond donors (Lipinski definition) is 3. The minimum atomic E-state index is -4.48. The molecule has 1 aromatic carbocycles. The number of alkyl halides is 3. The summed E-state index contributed by atoms with van der Waals surface area (Å²) in [6.45, 7) is 27.7. The van der Waals surface area contributed by atoms with Crippen LogP contribution in [-0.4, -0.2) is 257 Å². The number of piperidine rings is 1. The molecule has 4 aliphatic heterocycles. The Morgan fingerprint density at radius 3 is 2.03 bits per heavy atom. The van der Waals surface area contributed by atoms with Gasteiger partial charge in [-0.2, -0.15) is 13.2 Å². The Morgan fingerprint density at radius 2 is 1.36 bits per heavy atom. The molecule has 1 aromatic rings. The van der Waals surface area contributed by atoms with Crippen molar-refractivity contribution in [3.05, 3.63) is 34.3 Å². The number of nitrogens with one attached hydrogen (secondary N) is 3. The molecule has 7 aliphatic rings. The Morgan fingerprint density at radius 1 is 0.659 bits per heavy atom. The van der Waals surface area contributed by atoms with Crippen LogP contribution in [0, 0.1) is 23.7 Å². The summed E-state index contributed by atoms with van der Waals surface area (Å²) in [5.74, 6) is 2.86. The average molecular weight is 1300 g/mol. The summed E-state index contributed by atoms with van der Waals surface area (Å²) < 4.78 is 41.6. The largest absolute Gasteiger partial charge is 0.417 e. The molecule has 1 spiro atoms. The molecule has 17 heteroatoms. The van der Waals surface area contributed by atoms with Gasteiger partial charge in [-0.15, -0.1) is 0 Å². The van der Waals surface area contributed by atoms with Gasteiger partial charge in [-0.3, -0.25) is 19.5 Å². The molecule has 0 bridgehead atoms. The Bertz CT molecular complexity index is 2240. The molecule has 0 aromatic heterocycles. The first-order chi connectivity index (χ1) is 43.6. The van der Waals surface area contributed by atoms with Gasteiger partial charge in [0.15, 0.2) is 0 Å². The quantitative estimate of drug-likeness (QED) is 0.197. The maximum atomic E-state index is 15.1. The number of carbonyl (C=O) groups excluding carboxylic acids is 1. The van der Waals surface area contributed by atoms with Crippen molar-refractivity contribution in [3.63, 3.8) is 0 Å². The van der Waals surface area contributed by atoms with Crippen LogP contribution >= 0.6 is 11.6 Å². The topological polar surface area (TPSA) is 82.3 Å². The lowest BCUT2D eigenvalue weighted by Gasteiger charge is -2.47. The van der Waals surface area contributed by atoms with Crippen LogP contribution in [0.15, 0.2) is 18.2 Å². The number of benzene rings is 1. The van der Waals surface area contributed by atoms with Crippen molar-refractivity contribution in [2.24, 2.45) is 23.7 Å². The molecule has 0 unspecified atom stereocenters. The number of aryl methyl sites for hydroxylation is 1. The van der Waals surface area contributed by atoms with Crippen LogP contribution in [-0.2, 0) is 17.4 Å². The minimum Gasteiger partial charge on any atom is -0.341 e. The van der Waals surface area contributed by atoms with E-state index >= 15 is 4.79 Å². The molecular weight excluding hydrogens is 1170 g/mol. The van der Waals surface area contributed by atoms with Gasteiger partial charge >= 0.3 is 6.18 Å². The molecule has 4 heterocycles. The van der Waals surface area contributed by atoms with Crippen LogP contribution in [0.3, 0.4) is 0 Å². The molecule has 3 aliphatic carbocycles. The third kappa shape index (κ3) is 22.7. The Labute approximate surface area is 559 Å². The van der Waals surface area contributed by atoms with E-state index in [1.165, 1.54) is 122 Å². The van der Waals surface area contributed by atoms with Gasteiger partial charge in [-0.05, 0) is 193 Å². The highest BCUT2D eigenvalue weighted by molar-refractivity contribution is 6.31. The van der Waals surface area contributed by atoms with E-state index in [1.807, 2.05) is 0 Å². The Balaban J connectivity index is 1.05. The predicted octanol–water partition coefficient (Wildman–Crippen LogP) is 11.8. The van der Waals surface area contributed by atoms with E-state index in [0.29, 0.717) is 72.4 Å². The normalized spacial score (nSPS) is 32.0. The molecule has 3 saturated carbocycles. The number of carbonyl (C=O) groups is 1. The van der Waals surface area contributed by atoms with Crippen molar-refractivity contribution < 1.29 is 18.0 Å².